The molecule has 0 fully saturated rings. The molecule has 0 radical (unpaired) electrons. The van der Waals surface area contributed by atoms with E-state index in [9.17, 15) is 0 Å². The third kappa shape index (κ3) is 4.08. The Morgan fingerprint density at radius 3 is 2.44 bits per heavy atom. The SMILES string of the molecule is [2H]c1cc(-c2cc3ccc(CC(C)C)cc3[se]2)cc(-c2cc(C)cc(C)c2)n1. The van der Waals surface area contributed by atoms with Crippen molar-refractivity contribution in [3.05, 3.63) is 77.5 Å². The molecule has 0 unspecified atom stereocenters. The molecule has 0 saturated carbocycles. The molecular formula is C25H25NSe. The summed E-state index contributed by atoms with van der Waals surface area (Å²) in [6, 6.07) is 19.7. The van der Waals surface area contributed by atoms with Gasteiger partial charge in [-0.05, 0) is 0 Å². The molecule has 2 heteroatoms. The predicted octanol–water partition coefficient (Wildman–Crippen LogP) is 6.44. The second-order valence-electron chi connectivity index (χ2n) is 7.83. The van der Waals surface area contributed by atoms with Crippen molar-refractivity contribution in [1.82, 2.24) is 4.98 Å². The first-order valence-corrected chi connectivity index (χ1v) is 11.2. The van der Waals surface area contributed by atoms with E-state index in [2.05, 4.69) is 81.2 Å². The van der Waals surface area contributed by atoms with E-state index in [0.717, 1.165) is 23.2 Å². The Kier molecular flexibility index (Phi) is 4.69. The number of aryl methyl sites for hydroxylation is 2. The van der Waals surface area contributed by atoms with Crippen LogP contribution in [0.3, 0.4) is 0 Å². The Bertz CT molecular complexity index is 1140. The topological polar surface area (TPSA) is 12.9 Å². The van der Waals surface area contributed by atoms with Crippen LogP contribution in [-0.2, 0) is 6.42 Å². The number of fused-ring (bicyclic) bond motifs is 1. The molecule has 0 saturated heterocycles. The van der Waals surface area contributed by atoms with Crippen molar-refractivity contribution in [2.45, 2.75) is 34.1 Å². The molecule has 1 nitrogen and oxygen atoms in total. The van der Waals surface area contributed by atoms with Crippen LogP contribution >= 0.6 is 0 Å². The standard InChI is InChI=1S/C25H25NSe/c1-16(2)9-19-5-6-20-15-25(27-24(20)13-19)21-7-8-26-23(14-21)22-11-17(3)10-18(4)12-22/h5-8,10-16H,9H2,1-4H3/i8D. The summed E-state index contributed by atoms with van der Waals surface area (Å²) in [5.41, 5.74) is 7.00. The number of aromatic nitrogens is 1. The van der Waals surface area contributed by atoms with Gasteiger partial charge in [0.1, 0.15) is 0 Å². The van der Waals surface area contributed by atoms with Gasteiger partial charge in [-0.2, -0.15) is 0 Å². The molecule has 2 heterocycles. The third-order valence-electron chi connectivity index (χ3n) is 4.73. The molecule has 2 aromatic heterocycles. The Morgan fingerprint density at radius 2 is 1.70 bits per heavy atom. The van der Waals surface area contributed by atoms with E-state index in [1.807, 2.05) is 6.07 Å². The van der Waals surface area contributed by atoms with E-state index in [1.54, 1.807) is 0 Å². The minimum absolute atomic E-state index is 0.274. The first kappa shape index (κ1) is 17.0. The third-order valence-corrected chi connectivity index (χ3v) is 7.13. The van der Waals surface area contributed by atoms with Crippen LogP contribution in [0.2, 0.25) is 0 Å². The fourth-order valence-corrected chi connectivity index (χ4v) is 5.96. The molecule has 4 aromatic rings. The van der Waals surface area contributed by atoms with E-state index < -0.39 is 0 Å². The van der Waals surface area contributed by atoms with E-state index >= 15 is 0 Å². The first-order chi connectivity index (χ1) is 13.4. The quantitative estimate of drug-likeness (QED) is 0.347. The summed E-state index contributed by atoms with van der Waals surface area (Å²) in [5, 5.41) is 1.33. The second-order valence-corrected chi connectivity index (χ2v) is 10.1. The molecule has 0 aliphatic heterocycles. The number of pyridine rings is 1. The second kappa shape index (κ2) is 7.46. The zero-order valence-corrected chi connectivity index (χ0v) is 18.0. The van der Waals surface area contributed by atoms with Crippen molar-refractivity contribution in [1.29, 1.82) is 0 Å². The van der Waals surface area contributed by atoms with Gasteiger partial charge in [0.15, 0.2) is 0 Å². The zero-order valence-electron chi connectivity index (χ0n) is 17.3. The molecule has 0 atom stereocenters. The predicted molar refractivity (Wildman–Crippen MR) is 118 cm³/mol. The van der Waals surface area contributed by atoms with Crippen LogP contribution in [0.1, 0.15) is 31.9 Å². The van der Waals surface area contributed by atoms with Crippen LogP contribution in [0.5, 0.6) is 0 Å². The maximum absolute atomic E-state index is 8.24. The van der Waals surface area contributed by atoms with Gasteiger partial charge < -0.3 is 0 Å². The van der Waals surface area contributed by atoms with Crippen molar-refractivity contribution in [2.75, 3.05) is 0 Å². The van der Waals surface area contributed by atoms with Crippen molar-refractivity contribution in [3.8, 4) is 21.3 Å². The van der Waals surface area contributed by atoms with Gasteiger partial charge in [0.05, 0.1) is 0 Å². The van der Waals surface area contributed by atoms with Gasteiger partial charge in [-0.25, -0.2) is 0 Å². The normalized spacial score (nSPS) is 12.0. The van der Waals surface area contributed by atoms with Crippen LogP contribution in [0.25, 0.3) is 30.9 Å². The van der Waals surface area contributed by atoms with E-state index in [0.29, 0.717) is 12.1 Å². The average molecular weight is 419 g/mol. The summed E-state index contributed by atoms with van der Waals surface area (Å²) < 4.78 is 11.0. The molecular weight excluding hydrogens is 393 g/mol. The summed E-state index contributed by atoms with van der Waals surface area (Å²) >= 11 is 0.274. The van der Waals surface area contributed by atoms with Gasteiger partial charge in [0.2, 0.25) is 0 Å². The Balaban J connectivity index is 1.77. The minimum atomic E-state index is 0.274. The van der Waals surface area contributed by atoms with E-state index in [-0.39, 0.29) is 14.5 Å². The van der Waals surface area contributed by atoms with Crippen molar-refractivity contribution >= 4 is 24.1 Å². The van der Waals surface area contributed by atoms with Crippen molar-refractivity contribution in [3.63, 3.8) is 0 Å². The molecule has 0 aliphatic rings. The maximum atomic E-state index is 8.24. The molecule has 0 bridgehead atoms. The van der Waals surface area contributed by atoms with Crippen LogP contribution in [0, 0.1) is 19.8 Å². The number of hydrogen-bond acceptors (Lipinski definition) is 1. The Hall–Kier alpha value is -2.15. The number of rotatable bonds is 4. The number of nitrogens with zero attached hydrogens (tertiary/aromatic N) is 1. The molecule has 0 aliphatic carbocycles. The van der Waals surface area contributed by atoms with Crippen LogP contribution < -0.4 is 0 Å². The summed E-state index contributed by atoms with van der Waals surface area (Å²) in [6.07, 6.45) is 1.46. The molecule has 2 aromatic carbocycles. The average Bonchev–Trinajstić information content (AvgIpc) is 3.03. The van der Waals surface area contributed by atoms with Crippen LogP contribution in [0.15, 0.2) is 60.8 Å². The van der Waals surface area contributed by atoms with Gasteiger partial charge in [0, 0.05) is 0 Å². The molecule has 0 N–H and O–H groups in total. The monoisotopic (exact) mass is 420 g/mol. The number of hydrogen-bond donors (Lipinski definition) is 0. The molecule has 0 amide bonds. The van der Waals surface area contributed by atoms with Crippen LogP contribution in [0.4, 0.5) is 0 Å². The Labute approximate surface area is 169 Å². The summed E-state index contributed by atoms with van der Waals surface area (Å²) in [4.78, 5) is 4.50. The summed E-state index contributed by atoms with van der Waals surface area (Å²) in [6.45, 7) is 8.75. The van der Waals surface area contributed by atoms with Gasteiger partial charge >= 0.3 is 169 Å². The summed E-state index contributed by atoms with van der Waals surface area (Å²) in [5.74, 6) is 0.672. The molecule has 0 spiro atoms. The van der Waals surface area contributed by atoms with Gasteiger partial charge in [0.25, 0.3) is 0 Å². The first-order valence-electron chi connectivity index (χ1n) is 9.97. The van der Waals surface area contributed by atoms with Crippen molar-refractivity contribution in [2.24, 2.45) is 5.92 Å². The number of benzene rings is 2. The molecule has 27 heavy (non-hydrogen) atoms. The van der Waals surface area contributed by atoms with Gasteiger partial charge in [-0.15, -0.1) is 0 Å². The van der Waals surface area contributed by atoms with E-state index in [4.69, 9.17) is 1.37 Å². The Morgan fingerprint density at radius 1 is 0.926 bits per heavy atom. The van der Waals surface area contributed by atoms with Gasteiger partial charge in [-0.1, -0.05) is 0 Å². The van der Waals surface area contributed by atoms with Gasteiger partial charge in [-0.3, -0.25) is 0 Å². The summed E-state index contributed by atoms with van der Waals surface area (Å²) in [7, 11) is 0. The van der Waals surface area contributed by atoms with Crippen LogP contribution in [-0.4, -0.2) is 19.5 Å². The zero-order chi connectivity index (χ0) is 19.8. The molecule has 136 valence electrons. The fraction of sp³-hybridized carbons (Fsp3) is 0.240. The fourth-order valence-electron chi connectivity index (χ4n) is 3.62. The molecule has 4 rings (SSSR count). The van der Waals surface area contributed by atoms with Crippen molar-refractivity contribution < 1.29 is 1.37 Å². The van der Waals surface area contributed by atoms with E-state index in [1.165, 1.54) is 30.8 Å².